The first-order valence-electron chi connectivity index (χ1n) is 7.44. The Hall–Kier alpha value is -2.11. The van der Waals surface area contributed by atoms with Crippen molar-refractivity contribution >= 4 is 11.8 Å². The van der Waals surface area contributed by atoms with Gasteiger partial charge < -0.3 is 15.6 Å². The van der Waals surface area contributed by atoms with Gasteiger partial charge in [0, 0.05) is 24.0 Å². The lowest BCUT2D eigenvalue weighted by atomic mass is 9.86. The Kier molecular flexibility index (Phi) is 4.13. The number of nitrogens with two attached hydrogens (primary N) is 1. The van der Waals surface area contributed by atoms with Crippen LogP contribution in [0.3, 0.4) is 0 Å². The van der Waals surface area contributed by atoms with Crippen LogP contribution in [0.5, 0.6) is 0 Å². The molecular formula is C16H23N3O3. The summed E-state index contributed by atoms with van der Waals surface area (Å²) in [6.45, 7) is 7.27. The molecule has 2 amide bonds. The van der Waals surface area contributed by atoms with Crippen molar-refractivity contribution in [3.05, 3.63) is 33.7 Å². The lowest BCUT2D eigenvalue weighted by Crippen LogP contribution is -2.52. The van der Waals surface area contributed by atoms with Crippen molar-refractivity contribution < 1.29 is 9.59 Å². The third-order valence-electron chi connectivity index (χ3n) is 3.89. The highest BCUT2D eigenvalue weighted by Crippen LogP contribution is 2.35. The number of carbonyl (C=O) groups is 2. The molecule has 1 atom stereocenters. The van der Waals surface area contributed by atoms with Crippen molar-refractivity contribution in [2.24, 2.45) is 11.1 Å². The van der Waals surface area contributed by atoms with E-state index < -0.39 is 23.3 Å². The van der Waals surface area contributed by atoms with Gasteiger partial charge in [0.05, 0.1) is 0 Å². The number of nitrogens with zero attached hydrogens (tertiary/aromatic N) is 1. The van der Waals surface area contributed by atoms with E-state index in [-0.39, 0.29) is 11.0 Å². The van der Waals surface area contributed by atoms with E-state index in [0.717, 1.165) is 18.5 Å². The standard InChI is InChI=1S/C16H23N3O3/c1-9-7-12(20)11(8-19(9)10-5-6-10)15(22)18-13(14(17)21)16(2,3)4/h7-8,10,13H,5-6H2,1-4H3,(H2,17,21)(H,18,22)/t13-/m1/s1. The molecule has 0 aliphatic heterocycles. The first-order chi connectivity index (χ1) is 10.1. The maximum atomic E-state index is 12.4. The van der Waals surface area contributed by atoms with E-state index in [1.807, 2.05) is 11.5 Å². The fraction of sp³-hybridized carbons (Fsp3) is 0.562. The molecule has 3 N–H and O–H groups in total. The van der Waals surface area contributed by atoms with Crippen molar-refractivity contribution in [3.8, 4) is 0 Å². The largest absolute Gasteiger partial charge is 0.368 e. The molecule has 6 nitrogen and oxygen atoms in total. The van der Waals surface area contributed by atoms with Crippen molar-refractivity contribution in [1.29, 1.82) is 0 Å². The van der Waals surface area contributed by atoms with Crippen LogP contribution in [0.1, 0.15) is 55.7 Å². The van der Waals surface area contributed by atoms with Crippen LogP contribution >= 0.6 is 0 Å². The third kappa shape index (κ3) is 3.37. The molecule has 1 fully saturated rings. The molecule has 0 bridgehead atoms. The molecular weight excluding hydrogens is 282 g/mol. The lowest BCUT2D eigenvalue weighted by Gasteiger charge is -2.28. The van der Waals surface area contributed by atoms with Gasteiger partial charge in [-0.25, -0.2) is 0 Å². The highest BCUT2D eigenvalue weighted by molar-refractivity contribution is 5.97. The zero-order valence-corrected chi connectivity index (χ0v) is 13.5. The molecule has 1 saturated carbocycles. The Morgan fingerprint density at radius 1 is 1.36 bits per heavy atom. The Balaban J connectivity index is 2.31. The van der Waals surface area contributed by atoms with Crippen LogP contribution in [-0.2, 0) is 4.79 Å². The number of primary amides is 1. The van der Waals surface area contributed by atoms with Crippen molar-refractivity contribution in [2.75, 3.05) is 0 Å². The van der Waals surface area contributed by atoms with Crippen LogP contribution in [0.4, 0.5) is 0 Å². The van der Waals surface area contributed by atoms with Gasteiger partial charge in [-0.1, -0.05) is 20.8 Å². The minimum Gasteiger partial charge on any atom is -0.368 e. The van der Waals surface area contributed by atoms with Gasteiger partial charge in [0.25, 0.3) is 5.91 Å². The highest BCUT2D eigenvalue weighted by atomic mass is 16.2. The summed E-state index contributed by atoms with van der Waals surface area (Å²) in [5.41, 5.74) is 5.38. The van der Waals surface area contributed by atoms with Gasteiger partial charge in [-0.05, 0) is 25.2 Å². The molecule has 2 rings (SSSR count). The van der Waals surface area contributed by atoms with Gasteiger partial charge >= 0.3 is 0 Å². The third-order valence-corrected chi connectivity index (χ3v) is 3.89. The summed E-state index contributed by atoms with van der Waals surface area (Å²) in [4.78, 5) is 36.1. The van der Waals surface area contributed by atoms with Crippen LogP contribution in [0.25, 0.3) is 0 Å². The predicted molar refractivity (Wildman–Crippen MR) is 83.6 cm³/mol. The number of aromatic nitrogens is 1. The quantitative estimate of drug-likeness (QED) is 0.872. The summed E-state index contributed by atoms with van der Waals surface area (Å²) in [6, 6.07) is 0.987. The maximum Gasteiger partial charge on any atom is 0.257 e. The number of carbonyl (C=O) groups excluding carboxylic acids is 2. The molecule has 1 aromatic heterocycles. The Morgan fingerprint density at radius 2 is 1.95 bits per heavy atom. The Morgan fingerprint density at radius 3 is 2.41 bits per heavy atom. The number of hydrogen-bond acceptors (Lipinski definition) is 3. The van der Waals surface area contributed by atoms with Gasteiger partial charge in [0.1, 0.15) is 11.6 Å². The summed E-state index contributed by atoms with van der Waals surface area (Å²) in [5, 5.41) is 2.59. The topological polar surface area (TPSA) is 94.2 Å². The SMILES string of the molecule is Cc1cc(=O)c(C(=O)N[C@H](C(N)=O)C(C)(C)C)cn1C1CC1. The first-order valence-corrected chi connectivity index (χ1v) is 7.44. The average Bonchev–Trinajstić information content (AvgIpc) is 3.18. The zero-order valence-electron chi connectivity index (χ0n) is 13.5. The van der Waals surface area contributed by atoms with Gasteiger partial charge in [0.2, 0.25) is 5.91 Å². The second kappa shape index (κ2) is 5.59. The van der Waals surface area contributed by atoms with E-state index in [9.17, 15) is 14.4 Å². The molecule has 22 heavy (non-hydrogen) atoms. The molecule has 0 saturated heterocycles. The molecule has 0 aromatic carbocycles. The predicted octanol–water partition coefficient (Wildman–Crippen LogP) is 1.12. The molecule has 1 aromatic rings. The second-order valence-corrected chi connectivity index (χ2v) is 7.01. The van der Waals surface area contributed by atoms with Gasteiger partial charge in [-0.3, -0.25) is 14.4 Å². The van der Waals surface area contributed by atoms with E-state index in [1.165, 1.54) is 6.07 Å². The summed E-state index contributed by atoms with van der Waals surface area (Å²) in [6.07, 6.45) is 3.69. The lowest BCUT2D eigenvalue weighted by molar-refractivity contribution is -0.122. The molecule has 1 heterocycles. The fourth-order valence-electron chi connectivity index (χ4n) is 2.49. The molecule has 1 aliphatic rings. The number of pyridine rings is 1. The van der Waals surface area contributed by atoms with Crippen LogP contribution in [0.2, 0.25) is 0 Å². The highest BCUT2D eigenvalue weighted by Gasteiger charge is 2.32. The van der Waals surface area contributed by atoms with Gasteiger partial charge in [-0.15, -0.1) is 0 Å². The molecule has 0 unspecified atom stereocenters. The van der Waals surface area contributed by atoms with Crippen LogP contribution < -0.4 is 16.5 Å². The summed E-state index contributed by atoms with van der Waals surface area (Å²) in [5.74, 6) is -1.17. The zero-order chi connectivity index (χ0) is 16.7. The van der Waals surface area contributed by atoms with E-state index in [1.54, 1.807) is 27.0 Å². The number of amides is 2. The van der Waals surface area contributed by atoms with E-state index in [4.69, 9.17) is 5.73 Å². The normalized spacial score (nSPS) is 16.2. The summed E-state index contributed by atoms with van der Waals surface area (Å²) >= 11 is 0. The Bertz CT molecular complexity index is 666. The van der Waals surface area contributed by atoms with E-state index >= 15 is 0 Å². The number of rotatable bonds is 4. The molecule has 6 heteroatoms. The van der Waals surface area contributed by atoms with E-state index in [2.05, 4.69) is 5.32 Å². The minimum atomic E-state index is -0.838. The second-order valence-electron chi connectivity index (χ2n) is 7.01. The number of nitrogens with one attached hydrogen (secondary N) is 1. The van der Waals surface area contributed by atoms with Crippen molar-refractivity contribution in [3.63, 3.8) is 0 Å². The molecule has 0 spiro atoms. The van der Waals surface area contributed by atoms with Crippen LogP contribution in [-0.4, -0.2) is 22.4 Å². The number of aryl methyl sites for hydroxylation is 1. The smallest absolute Gasteiger partial charge is 0.257 e. The molecule has 1 aliphatic carbocycles. The average molecular weight is 305 g/mol. The van der Waals surface area contributed by atoms with Gasteiger partial charge in [-0.2, -0.15) is 0 Å². The summed E-state index contributed by atoms with van der Waals surface area (Å²) < 4.78 is 1.95. The van der Waals surface area contributed by atoms with E-state index in [0.29, 0.717) is 6.04 Å². The monoisotopic (exact) mass is 305 g/mol. The van der Waals surface area contributed by atoms with Crippen LogP contribution in [0, 0.1) is 12.3 Å². The number of hydrogen-bond donors (Lipinski definition) is 2. The van der Waals surface area contributed by atoms with Crippen molar-refractivity contribution in [1.82, 2.24) is 9.88 Å². The fourth-order valence-corrected chi connectivity index (χ4v) is 2.49. The Labute approximate surface area is 129 Å². The molecule has 120 valence electrons. The molecule has 0 radical (unpaired) electrons. The van der Waals surface area contributed by atoms with Gasteiger partial charge in [0.15, 0.2) is 5.43 Å². The van der Waals surface area contributed by atoms with Crippen LogP contribution in [0.15, 0.2) is 17.1 Å². The minimum absolute atomic E-state index is 0.0491. The first kappa shape index (κ1) is 16.3. The summed E-state index contributed by atoms with van der Waals surface area (Å²) in [7, 11) is 0. The maximum absolute atomic E-state index is 12.4. The van der Waals surface area contributed by atoms with Crippen molar-refractivity contribution in [2.45, 2.75) is 52.6 Å².